The second-order valence-electron chi connectivity index (χ2n) is 4.38. The van der Waals surface area contributed by atoms with Crippen molar-refractivity contribution in [1.29, 1.82) is 0 Å². The summed E-state index contributed by atoms with van der Waals surface area (Å²) >= 11 is 0. The van der Waals surface area contributed by atoms with E-state index in [-0.39, 0.29) is 12.5 Å². The molecule has 19 heavy (non-hydrogen) atoms. The molecule has 1 N–H and O–H groups in total. The number of hydrogen-bond acceptors (Lipinski definition) is 3. The maximum absolute atomic E-state index is 12.8. The first-order chi connectivity index (χ1) is 8.93. The number of hydrogen-bond donors (Lipinski definition) is 1. The van der Waals surface area contributed by atoms with Crippen molar-refractivity contribution in [3.05, 3.63) is 35.6 Å². The highest BCUT2D eigenvalue weighted by Crippen LogP contribution is 2.13. The van der Waals surface area contributed by atoms with Crippen LogP contribution in [0.3, 0.4) is 0 Å². The lowest BCUT2D eigenvalue weighted by Crippen LogP contribution is -2.30. The van der Waals surface area contributed by atoms with Gasteiger partial charge in [-0.15, -0.1) is 0 Å². The maximum atomic E-state index is 12.8. The largest absolute Gasteiger partial charge is 0.481 e. The number of aliphatic carboxylic acids is 1. The predicted molar refractivity (Wildman–Crippen MR) is 67.1 cm³/mol. The standard InChI is InChI=1S/C14H17FO4/c1-3-9(2)19-14(18)12(13(16)17)8-10-4-6-11(15)7-5-10/h4-7,9,12H,3,8H2,1-2H3,(H,16,17). The van der Waals surface area contributed by atoms with Crippen LogP contribution in [0.5, 0.6) is 0 Å². The van der Waals surface area contributed by atoms with Crippen molar-refractivity contribution in [2.45, 2.75) is 32.8 Å². The number of carboxylic acid groups (broad SMARTS) is 1. The van der Waals surface area contributed by atoms with Crippen LogP contribution in [-0.4, -0.2) is 23.1 Å². The first-order valence-electron chi connectivity index (χ1n) is 6.11. The molecule has 0 radical (unpaired) electrons. The van der Waals surface area contributed by atoms with Gasteiger partial charge in [-0.1, -0.05) is 19.1 Å². The molecule has 0 aliphatic carbocycles. The Morgan fingerprint density at radius 1 is 1.32 bits per heavy atom. The number of carbonyl (C=O) groups is 2. The van der Waals surface area contributed by atoms with Crippen LogP contribution in [0.2, 0.25) is 0 Å². The van der Waals surface area contributed by atoms with Crippen LogP contribution < -0.4 is 0 Å². The van der Waals surface area contributed by atoms with Crippen LogP contribution in [0, 0.1) is 11.7 Å². The maximum Gasteiger partial charge on any atom is 0.320 e. The summed E-state index contributed by atoms with van der Waals surface area (Å²) in [5, 5.41) is 9.07. The Kier molecular flexibility index (Phi) is 5.48. The minimum absolute atomic E-state index is 0.00905. The summed E-state index contributed by atoms with van der Waals surface area (Å²) in [6.45, 7) is 3.54. The van der Waals surface area contributed by atoms with Crippen molar-refractivity contribution < 1.29 is 23.8 Å². The monoisotopic (exact) mass is 268 g/mol. The van der Waals surface area contributed by atoms with Gasteiger partial charge in [0.1, 0.15) is 5.82 Å². The minimum Gasteiger partial charge on any atom is -0.481 e. The molecule has 2 unspecified atom stereocenters. The Morgan fingerprint density at radius 2 is 1.89 bits per heavy atom. The zero-order valence-electron chi connectivity index (χ0n) is 10.9. The van der Waals surface area contributed by atoms with Gasteiger partial charge in [-0.3, -0.25) is 9.59 Å². The van der Waals surface area contributed by atoms with E-state index in [1.807, 2.05) is 6.92 Å². The van der Waals surface area contributed by atoms with E-state index in [0.717, 1.165) is 0 Å². The van der Waals surface area contributed by atoms with E-state index in [9.17, 15) is 14.0 Å². The summed E-state index contributed by atoms with van der Waals surface area (Å²) in [6, 6.07) is 5.38. The first kappa shape index (κ1) is 15.1. The molecular formula is C14H17FO4. The van der Waals surface area contributed by atoms with Crippen LogP contribution in [0.4, 0.5) is 4.39 Å². The van der Waals surface area contributed by atoms with Gasteiger partial charge in [0, 0.05) is 0 Å². The minimum atomic E-state index is -1.26. The molecule has 1 rings (SSSR count). The molecular weight excluding hydrogens is 251 g/mol. The van der Waals surface area contributed by atoms with Crippen molar-refractivity contribution in [3.63, 3.8) is 0 Å². The van der Waals surface area contributed by atoms with Crippen LogP contribution in [0.25, 0.3) is 0 Å². The summed E-state index contributed by atoms with van der Waals surface area (Å²) in [4.78, 5) is 22.9. The molecule has 0 saturated heterocycles. The molecule has 1 aromatic rings. The predicted octanol–water partition coefficient (Wildman–Crippen LogP) is 2.41. The second kappa shape index (κ2) is 6.87. The molecule has 1 aromatic carbocycles. The number of carboxylic acids is 1. The molecule has 0 aromatic heterocycles. The van der Waals surface area contributed by atoms with E-state index < -0.39 is 23.7 Å². The molecule has 5 heteroatoms. The van der Waals surface area contributed by atoms with Gasteiger partial charge in [0.2, 0.25) is 0 Å². The summed E-state index contributed by atoms with van der Waals surface area (Å²) in [5.74, 6) is -3.67. The molecule has 0 aliphatic rings. The number of rotatable bonds is 6. The molecule has 0 spiro atoms. The number of benzene rings is 1. The fourth-order valence-electron chi connectivity index (χ4n) is 1.49. The molecule has 0 saturated carbocycles. The van der Waals surface area contributed by atoms with Crippen molar-refractivity contribution in [2.75, 3.05) is 0 Å². The molecule has 0 bridgehead atoms. The van der Waals surface area contributed by atoms with Gasteiger partial charge in [-0.2, -0.15) is 0 Å². The van der Waals surface area contributed by atoms with Gasteiger partial charge in [-0.25, -0.2) is 4.39 Å². The van der Waals surface area contributed by atoms with E-state index in [4.69, 9.17) is 9.84 Å². The lowest BCUT2D eigenvalue weighted by molar-refractivity contribution is -0.161. The molecule has 0 fully saturated rings. The second-order valence-corrected chi connectivity index (χ2v) is 4.38. The van der Waals surface area contributed by atoms with Crippen molar-refractivity contribution in [2.24, 2.45) is 5.92 Å². The van der Waals surface area contributed by atoms with Crippen LogP contribution in [0.15, 0.2) is 24.3 Å². The Labute approximate surface area is 111 Å². The summed E-state index contributed by atoms with van der Waals surface area (Å²) in [7, 11) is 0. The fourth-order valence-corrected chi connectivity index (χ4v) is 1.49. The third-order valence-electron chi connectivity index (χ3n) is 2.83. The Morgan fingerprint density at radius 3 is 2.37 bits per heavy atom. The van der Waals surface area contributed by atoms with Gasteiger partial charge in [0.05, 0.1) is 6.10 Å². The molecule has 104 valence electrons. The number of halogens is 1. The molecule has 0 aliphatic heterocycles. The van der Waals surface area contributed by atoms with E-state index in [0.29, 0.717) is 12.0 Å². The van der Waals surface area contributed by atoms with E-state index in [2.05, 4.69) is 0 Å². The lowest BCUT2D eigenvalue weighted by Gasteiger charge is -2.15. The van der Waals surface area contributed by atoms with Crippen molar-refractivity contribution in [3.8, 4) is 0 Å². The zero-order valence-corrected chi connectivity index (χ0v) is 10.9. The van der Waals surface area contributed by atoms with Gasteiger partial charge < -0.3 is 9.84 Å². The van der Waals surface area contributed by atoms with Crippen molar-refractivity contribution in [1.82, 2.24) is 0 Å². The van der Waals surface area contributed by atoms with Crippen molar-refractivity contribution >= 4 is 11.9 Å². The Hall–Kier alpha value is -1.91. The van der Waals surface area contributed by atoms with Crippen LogP contribution >= 0.6 is 0 Å². The summed E-state index contributed by atoms with van der Waals surface area (Å²) < 4.78 is 17.8. The average molecular weight is 268 g/mol. The molecule has 0 amide bonds. The molecule has 2 atom stereocenters. The summed E-state index contributed by atoms with van der Waals surface area (Å²) in [5.41, 5.74) is 0.579. The van der Waals surface area contributed by atoms with E-state index in [1.165, 1.54) is 24.3 Å². The molecule has 4 nitrogen and oxygen atoms in total. The third kappa shape index (κ3) is 4.69. The zero-order chi connectivity index (χ0) is 14.4. The van der Waals surface area contributed by atoms with Gasteiger partial charge in [0.15, 0.2) is 5.92 Å². The normalized spacial score (nSPS) is 13.6. The summed E-state index contributed by atoms with van der Waals surface area (Å²) in [6.07, 6.45) is 0.294. The number of ether oxygens (including phenoxy) is 1. The smallest absolute Gasteiger partial charge is 0.320 e. The van der Waals surface area contributed by atoms with Gasteiger partial charge >= 0.3 is 11.9 Å². The third-order valence-corrected chi connectivity index (χ3v) is 2.83. The highest BCUT2D eigenvalue weighted by molar-refractivity contribution is 5.94. The molecule has 0 heterocycles. The SMILES string of the molecule is CCC(C)OC(=O)C(Cc1ccc(F)cc1)C(=O)O. The first-order valence-corrected chi connectivity index (χ1v) is 6.11. The van der Waals surface area contributed by atoms with E-state index >= 15 is 0 Å². The Balaban J connectivity index is 2.75. The van der Waals surface area contributed by atoms with Gasteiger partial charge in [-0.05, 0) is 37.5 Å². The quantitative estimate of drug-likeness (QED) is 0.635. The van der Waals surface area contributed by atoms with Gasteiger partial charge in [0.25, 0.3) is 0 Å². The van der Waals surface area contributed by atoms with Crippen LogP contribution in [0.1, 0.15) is 25.8 Å². The Bertz CT molecular complexity index is 441. The highest BCUT2D eigenvalue weighted by Gasteiger charge is 2.29. The lowest BCUT2D eigenvalue weighted by atomic mass is 9.99. The average Bonchev–Trinajstić information content (AvgIpc) is 2.37. The topological polar surface area (TPSA) is 63.6 Å². The van der Waals surface area contributed by atoms with Crippen LogP contribution in [-0.2, 0) is 20.7 Å². The highest BCUT2D eigenvalue weighted by atomic mass is 19.1. The number of esters is 1. The van der Waals surface area contributed by atoms with E-state index in [1.54, 1.807) is 6.92 Å². The fraction of sp³-hybridized carbons (Fsp3) is 0.429. The number of carbonyl (C=O) groups excluding carboxylic acids is 1.